The van der Waals surface area contributed by atoms with E-state index in [1.165, 1.54) is 50.0 Å². The van der Waals surface area contributed by atoms with Crippen LogP contribution in [0.4, 0.5) is 0 Å². The van der Waals surface area contributed by atoms with Gasteiger partial charge in [-0.3, -0.25) is 0 Å². The van der Waals surface area contributed by atoms with Crippen LogP contribution < -0.4 is 0 Å². The third kappa shape index (κ3) is 10.7. The van der Waals surface area contributed by atoms with E-state index in [-0.39, 0.29) is 0 Å². The summed E-state index contributed by atoms with van der Waals surface area (Å²) in [4.78, 5) is 0. The summed E-state index contributed by atoms with van der Waals surface area (Å²) in [5.74, 6) is 7.22. The lowest BCUT2D eigenvalue weighted by atomic mass is 9.86. The van der Waals surface area contributed by atoms with E-state index in [1.54, 1.807) is 0 Å². The average molecular weight is 315 g/mol. The predicted octanol–water partition coefficient (Wildman–Crippen LogP) is 7.28. The first kappa shape index (κ1) is 21.4. The number of hydrogen-bond donors (Lipinski definition) is 0. The molecule has 0 N–H and O–H groups in total. The van der Waals surface area contributed by atoms with Crippen molar-refractivity contribution in [1.29, 1.82) is 0 Å². The van der Waals surface area contributed by atoms with Gasteiger partial charge in [-0.1, -0.05) is 74.1 Å². The standard InChI is InChI=1S/C20H42S/c1-8-10-19(11-9-2)18(7)15-21-13-12-20(17(5)6)14-16(3)4/h16-20H,8-15H2,1-7H3. The zero-order chi connectivity index (χ0) is 16.3. The van der Waals surface area contributed by atoms with E-state index in [1.807, 2.05) is 0 Å². The van der Waals surface area contributed by atoms with Crippen LogP contribution in [0.3, 0.4) is 0 Å². The molecule has 0 aromatic carbocycles. The van der Waals surface area contributed by atoms with Gasteiger partial charge in [0.15, 0.2) is 0 Å². The maximum absolute atomic E-state index is 2.48. The van der Waals surface area contributed by atoms with Gasteiger partial charge in [-0.2, -0.15) is 11.8 Å². The van der Waals surface area contributed by atoms with Crippen LogP contribution in [-0.2, 0) is 0 Å². The Morgan fingerprint density at radius 2 is 1.33 bits per heavy atom. The summed E-state index contributed by atoms with van der Waals surface area (Å²) in [5.41, 5.74) is 0. The summed E-state index contributed by atoms with van der Waals surface area (Å²) in [6, 6.07) is 0. The van der Waals surface area contributed by atoms with Gasteiger partial charge in [0.2, 0.25) is 0 Å². The SMILES string of the molecule is CCCC(CCC)C(C)CSCCC(CC(C)C)C(C)C. The van der Waals surface area contributed by atoms with E-state index in [9.17, 15) is 0 Å². The van der Waals surface area contributed by atoms with Gasteiger partial charge in [0.05, 0.1) is 0 Å². The number of hydrogen-bond acceptors (Lipinski definition) is 1. The highest BCUT2D eigenvalue weighted by atomic mass is 32.2. The summed E-state index contributed by atoms with van der Waals surface area (Å²) >= 11 is 2.21. The molecule has 128 valence electrons. The molecule has 0 rings (SSSR count). The van der Waals surface area contributed by atoms with Crippen LogP contribution in [0.5, 0.6) is 0 Å². The van der Waals surface area contributed by atoms with Crippen molar-refractivity contribution >= 4 is 11.8 Å². The molecule has 0 aliphatic carbocycles. The van der Waals surface area contributed by atoms with Crippen molar-refractivity contribution in [2.45, 2.75) is 87.0 Å². The Balaban J connectivity index is 3.99. The Labute approximate surface area is 140 Å². The molecule has 0 aliphatic rings. The molecule has 0 amide bonds. The third-order valence-electron chi connectivity index (χ3n) is 4.85. The lowest BCUT2D eigenvalue weighted by Crippen LogP contribution is -2.16. The lowest BCUT2D eigenvalue weighted by molar-refractivity contribution is 0.310. The van der Waals surface area contributed by atoms with Gasteiger partial charge < -0.3 is 0 Å². The van der Waals surface area contributed by atoms with Crippen molar-refractivity contribution in [3.8, 4) is 0 Å². The molecular weight excluding hydrogens is 272 g/mol. The average Bonchev–Trinajstić information content (AvgIpc) is 2.41. The Kier molecular flexibility index (Phi) is 13.1. The molecule has 0 bridgehead atoms. The quantitative estimate of drug-likeness (QED) is 0.322. The van der Waals surface area contributed by atoms with Gasteiger partial charge in [-0.15, -0.1) is 0 Å². The fourth-order valence-corrected chi connectivity index (χ4v) is 4.70. The third-order valence-corrected chi connectivity index (χ3v) is 6.14. The first-order chi connectivity index (χ1) is 9.92. The van der Waals surface area contributed by atoms with Crippen molar-refractivity contribution < 1.29 is 0 Å². The van der Waals surface area contributed by atoms with Crippen LogP contribution >= 0.6 is 11.8 Å². The zero-order valence-electron chi connectivity index (χ0n) is 16.0. The second-order valence-electron chi connectivity index (χ2n) is 7.81. The fraction of sp³-hybridized carbons (Fsp3) is 1.00. The number of rotatable bonds is 13. The molecule has 0 spiro atoms. The van der Waals surface area contributed by atoms with Gasteiger partial charge in [0.25, 0.3) is 0 Å². The van der Waals surface area contributed by atoms with Crippen LogP contribution in [0.25, 0.3) is 0 Å². The molecule has 0 heterocycles. The van der Waals surface area contributed by atoms with Crippen LogP contribution in [-0.4, -0.2) is 11.5 Å². The molecule has 0 fully saturated rings. The summed E-state index contributed by atoms with van der Waals surface area (Å²) in [6.45, 7) is 16.7. The minimum Gasteiger partial charge on any atom is -0.162 e. The maximum Gasteiger partial charge on any atom is -0.00391 e. The Morgan fingerprint density at radius 3 is 1.76 bits per heavy atom. The highest BCUT2D eigenvalue weighted by Gasteiger charge is 2.17. The van der Waals surface area contributed by atoms with Crippen molar-refractivity contribution in [1.82, 2.24) is 0 Å². The van der Waals surface area contributed by atoms with E-state index >= 15 is 0 Å². The molecule has 0 aromatic rings. The Morgan fingerprint density at radius 1 is 0.762 bits per heavy atom. The van der Waals surface area contributed by atoms with E-state index in [4.69, 9.17) is 0 Å². The lowest BCUT2D eigenvalue weighted by Gasteiger charge is -2.25. The van der Waals surface area contributed by atoms with Crippen molar-refractivity contribution in [2.24, 2.45) is 29.6 Å². The first-order valence-corrected chi connectivity index (χ1v) is 10.6. The Hall–Kier alpha value is 0.350. The van der Waals surface area contributed by atoms with E-state index in [2.05, 4.69) is 60.2 Å². The smallest absolute Gasteiger partial charge is 0.00391 e. The molecule has 0 saturated carbocycles. The van der Waals surface area contributed by atoms with Crippen molar-refractivity contribution in [3.63, 3.8) is 0 Å². The molecule has 2 atom stereocenters. The highest BCUT2D eigenvalue weighted by molar-refractivity contribution is 7.99. The normalized spacial score (nSPS) is 15.1. The van der Waals surface area contributed by atoms with Crippen LogP contribution in [0.2, 0.25) is 0 Å². The van der Waals surface area contributed by atoms with Crippen molar-refractivity contribution in [3.05, 3.63) is 0 Å². The first-order valence-electron chi connectivity index (χ1n) is 9.49. The van der Waals surface area contributed by atoms with Gasteiger partial charge >= 0.3 is 0 Å². The molecule has 0 aliphatic heterocycles. The molecule has 0 saturated heterocycles. The predicted molar refractivity (Wildman–Crippen MR) is 102 cm³/mol. The second-order valence-corrected chi connectivity index (χ2v) is 8.96. The summed E-state index contributed by atoms with van der Waals surface area (Å²) in [7, 11) is 0. The van der Waals surface area contributed by atoms with E-state index in [0.29, 0.717) is 0 Å². The van der Waals surface area contributed by atoms with Crippen LogP contribution in [0.1, 0.15) is 87.0 Å². The molecular formula is C20H42S. The molecule has 0 radical (unpaired) electrons. The Bertz CT molecular complexity index is 216. The highest BCUT2D eigenvalue weighted by Crippen LogP contribution is 2.29. The van der Waals surface area contributed by atoms with Crippen LogP contribution in [0, 0.1) is 29.6 Å². The molecule has 2 unspecified atom stereocenters. The van der Waals surface area contributed by atoms with Crippen LogP contribution in [0.15, 0.2) is 0 Å². The number of thioether (sulfide) groups is 1. The largest absolute Gasteiger partial charge is 0.162 e. The van der Waals surface area contributed by atoms with E-state index < -0.39 is 0 Å². The molecule has 21 heavy (non-hydrogen) atoms. The minimum atomic E-state index is 0.846. The molecule has 0 nitrogen and oxygen atoms in total. The van der Waals surface area contributed by atoms with Gasteiger partial charge in [0, 0.05) is 0 Å². The topological polar surface area (TPSA) is 0 Å². The van der Waals surface area contributed by atoms with Gasteiger partial charge in [0.1, 0.15) is 0 Å². The summed E-state index contributed by atoms with van der Waals surface area (Å²) in [5, 5.41) is 0. The maximum atomic E-state index is 2.48. The fourth-order valence-electron chi connectivity index (χ4n) is 3.42. The zero-order valence-corrected chi connectivity index (χ0v) is 16.8. The minimum absolute atomic E-state index is 0.846. The van der Waals surface area contributed by atoms with E-state index in [0.717, 1.165) is 29.6 Å². The molecule has 1 heteroatoms. The monoisotopic (exact) mass is 314 g/mol. The summed E-state index contributed by atoms with van der Waals surface area (Å²) in [6.07, 6.45) is 8.38. The molecule has 0 aromatic heterocycles. The second kappa shape index (κ2) is 12.9. The van der Waals surface area contributed by atoms with Gasteiger partial charge in [-0.05, 0) is 53.9 Å². The van der Waals surface area contributed by atoms with Crippen molar-refractivity contribution in [2.75, 3.05) is 11.5 Å². The van der Waals surface area contributed by atoms with Gasteiger partial charge in [-0.25, -0.2) is 0 Å². The summed E-state index contributed by atoms with van der Waals surface area (Å²) < 4.78 is 0.